The minimum absolute atomic E-state index is 0.0706. The summed E-state index contributed by atoms with van der Waals surface area (Å²) < 4.78 is 0. The van der Waals surface area contributed by atoms with Gasteiger partial charge in [0.05, 0.1) is 5.54 Å². The van der Waals surface area contributed by atoms with Gasteiger partial charge in [-0.25, -0.2) is 0 Å². The van der Waals surface area contributed by atoms with Crippen molar-refractivity contribution in [1.82, 2.24) is 0 Å². The Kier molecular flexibility index (Phi) is 3.03. The quantitative estimate of drug-likeness (QED) is 0.647. The Balaban J connectivity index is 4.00. The summed E-state index contributed by atoms with van der Waals surface area (Å²) in [6, 6.07) is 0. The van der Waals surface area contributed by atoms with Gasteiger partial charge in [0.15, 0.2) is 0 Å². The molecule has 1 atom stereocenters. The lowest BCUT2D eigenvalue weighted by molar-refractivity contribution is -0.122. The second kappa shape index (κ2) is 3.15. The number of hydrogen-bond donors (Lipinski definition) is 1. The zero-order chi connectivity index (χ0) is 8.36. The van der Waals surface area contributed by atoms with Gasteiger partial charge < -0.3 is 5.73 Å². The highest BCUT2D eigenvalue weighted by molar-refractivity contribution is 5.85. The SMILES string of the molecule is CC(=O)C(C)(N)CC(C)C. The minimum Gasteiger partial charge on any atom is -0.319 e. The summed E-state index contributed by atoms with van der Waals surface area (Å²) in [6.45, 7) is 7.46. The van der Waals surface area contributed by atoms with Gasteiger partial charge in [0.1, 0.15) is 5.78 Å². The van der Waals surface area contributed by atoms with Crippen LogP contribution in [-0.2, 0) is 4.79 Å². The van der Waals surface area contributed by atoms with Crippen LogP contribution in [0.5, 0.6) is 0 Å². The van der Waals surface area contributed by atoms with E-state index >= 15 is 0 Å². The highest BCUT2D eigenvalue weighted by atomic mass is 16.1. The molecule has 0 saturated heterocycles. The van der Waals surface area contributed by atoms with E-state index in [9.17, 15) is 4.79 Å². The van der Waals surface area contributed by atoms with Gasteiger partial charge in [-0.05, 0) is 26.2 Å². The van der Waals surface area contributed by atoms with Crippen molar-refractivity contribution in [3.63, 3.8) is 0 Å². The topological polar surface area (TPSA) is 43.1 Å². The third-order valence-corrected chi connectivity index (χ3v) is 1.64. The molecule has 0 bridgehead atoms. The highest BCUT2D eigenvalue weighted by Gasteiger charge is 2.24. The van der Waals surface area contributed by atoms with Crippen LogP contribution in [0.4, 0.5) is 0 Å². The third kappa shape index (κ3) is 2.97. The Morgan fingerprint density at radius 1 is 1.60 bits per heavy atom. The Labute approximate surface area is 62.8 Å². The van der Waals surface area contributed by atoms with E-state index in [-0.39, 0.29) is 5.78 Å². The van der Waals surface area contributed by atoms with Crippen molar-refractivity contribution in [2.24, 2.45) is 11.7 Å². The smallest absolute Gasteiger partial charge is 0.149 e. The average Bonchev–Trinajstić information content (AvgIpc) is 1.60. The van der Waals surface area contributed by atoms with Crippen molar-refractivity contribution in [1.29, 1.82) is 0 Å². The van der Waals surface area contributed by atoms with Gasteiger partial charge in [0, 0.05) is 0 Å². The van der Waals surface area contributed by atoms with Crippen LogP contribution in [0.15, 0.2) is 0 Å². The number of ketones is 1. The van der Waals surface area contributed by atoms with Crippen molar-refractivity contribution >= 4 is 5.78 Å². The van der Waals surface area contributed by atoms with E-state index in [0.29, 0.717) is 5.92 Å². The van der Waals surface area contributed by atoms with Gasteiger partial charge in [-0.15, -0.1) is 0 Å². The Bertz CT molecular complexity index is 127. The summed E-state index contributed by atoms with van der Waals surface area (Å²) in [5, 5.41) is 0. The van der Waals surface area contributed by atoms with Gasteiger partial charge in [-0.2, -0.15) is 0 Å². The summed E-state index contributed by atoms with van der Waals surface area (Å²) in [5.41, 5.74) is 5.09. The largest absolute Gasteiger partial charge is 0.319 e. The second-order valence-electron chi connectivity index (χ2n) is 3.57. The molecule has 10 heavy (non-hydrogen) atoms. The van der Waals surface area contributed by atoms with E-state index in [4.69, 9.17) is 5.73 Å². The Morgan fingerprint density at radius 2 is 2.00 bits per heavy atom. The van der Waals surface area contributed by atoms with Crippen molar-refractivity contribution in [2.45, 2.75) is 39.7 Å². The Hall–Kier alpha value is -0.370. The van der Waals surface area contributed by atoms with Crippen molar-refractivity contribution in [3.05, 3.63) is 0 Å². The first-order valence-electron chi connectivity index (χ1n) is 3.66. The summed E-state index contributed by atoms with van der Waals surface area (Å²) in [5.74, 6) is 0.556. The van der Waals surface area contributed by atoms with Gasteiger partial charge in [-0.1, -0.05) is 13.8 Å². The van der Waals surface area contributed by atoms with Gasteiger partial charge in [0.25, 0.3) is 0 Å². The van der Waals surface area contributed by atoms with Crippen LogP contribution in [0.3, 0.4) is 0 Å². The monoisotopic (exact) mass is 143 g/mol. The molecular weight excluding hydrogens is 126 g/mol. The first kappa shape index (κ1) is 9.63. The molecule has 0 spiro atoms. The zero-order valence-electron chi connectivity index (χ0n) is 7.27. The predicted octanol–water partition coefficient (Wildman–Crippen LogP) is 1.34. The number of Topliss-reactive ketones (excluding diaryl/α,β-unsaturated/α-hetero) is 1. The molecular formula is C8H17NO. The molecule has 0 aromatic heterocycles. The second-order valence-corrected chi connectivity index (χ2v) is 3.57. The lowest BCUT2D eigenvalue weighted by Gasteiger charge is -2.22. The maximum Gasteiger partial charge on any atom is 0.149 e. The molecule has 0 aromatic carbocycles. The molecule has 2 nitrogen and oxygen atoms in total. The van der Waals surface area contributed by atoms with E-state index < -0.39 is 5.54 Å². The lowest BCUT2D eigenvalue weighted by atomic mass is 9.89. The fourth-order valence-electron chi connectivity index (χ4n) is 0.992. The summed E-state index contributed by atoms with van der Waals surface area (Å²) >= 11 is 0. The van der Waals surface area contributed by atoms with Crippen molar-refractivity contribution in [3.8, 4) is 0 Å². The molecule has 60 valence electrons. The molecule has 0 aromatic rings. The highest BCUT2D eigenvalue weighted by Crippen LogP contribution is 2.13. The normalized spacial score (nSPS) is 17.0. The number of hydrogen-bond acceptors (Lipinski definition) is 2. The molecule has 0 aliphatic heterocycles. The van der Waals surface area contributed by atoms with E-state index in [1.807, 2.05) is 0 Å². The van der Waals surface area contributed by atoms with E-state index in [0.717, 1.165) is 6.42 Å². The fourth-order valence-corrected chi connectivity index (χ4v) is 0.992. The molecule has 2 N–H and O–H groups in total. The first-order chi connectivity index (χ1) is 4.36. The van der Waals surface area contributed by atoms with Crippen LogP contribution in [0.1, 0.15) is 34.1 Å². The van der Waals surface area contributed by atoms with E-state index in [1.54, 1.807) is 13.8 Å². The Morgan fingerprint density at radius 3 is 2.10 bits per heavy atom. The van der Waals surface area contributed by atoms with Gasteiger partial charge in [0.2, 0.25) is 0 Å². The third-order valence-electron chi connectivity index (χ3n) is 1.64. The average molecular weight is 143 g/mol. The fraction of sp³-hybridized carbons (Fsp3) is 0.875. The lowest BCUT2D eigenvalue weighted by Crippen LogP contribution is -2.44. The maximum absolute atomic E-state index is 10.9. The molecule has 1 unspecified atom stereocenters. The summed E-state index contributed by atoms with van der Waals surface area (Å²) in [7, 11) is 0. The van der Waals surface area contributed by atoms with Crippen LogP contribution < -0.4 is 5.73 Å². The molecule has 0 heterocycles. The molecule has 0 amide bonds. The van der Waals surface area contributed by atoms with Crippen LogP contribution in [0.25, 0.3) is 0 Å². The number of carbonyl (C=O) groups is 1. The zero-order valence-corrected chi connectivity index (χ0v) is 7.27. The molecule has 0 radical (unpaired) electrons. The summed E-state index contributed by atoms with van der Waals surface area (Å²) in [4.78, 5) is 10.9. The van der Waals surface area contributed by atoms with E-state index in [2.05, 4.69) is 13.8 Å². The molecule has 2 heteroatoms. The number of nitrogens with two attached hydrogens (primary N) is 1. The van der Waals surface area contributed by atoms with Crippen molar-refractivity contribution in [2.75, 3.05) is 0 Å². The molecule has 0 fully saturated rings. The van der Waals surface area contributed by atoms with Crippen LogP contribution in [0.2, 0.25) is 0 Å². The molecule has 0 aliphatic carbocycles. The molecule has 0 aliphatic rings. The molecule has 0 saturated carbocycles. The van der Waals surface area contributed by atoms with Gasteiger partial charge in [-0.3, -0.25) is 4.79 Å². The number of carbonyl (C=O) groups excluding carboxylic acids is 1. The predicted molar refractivity (Wildman–Crippen MR) is 42.7 cm³/mol. The van der Waals surface area contributed by atoms with Crippen molar-refractivity contribution < 1.29 is 4.79 Å². The van der Waals surface area contributed by atoms with Gasteiger partial charge >= 0.3 is 0 Å². The molecule has 0 rings (SSSR count). The standard InChI is InChI=1S/C8H17NO/c1-6(2)5-8(4,9)7(3)10/h6H,5,9H2,1-4H3. The number of rotatable bonds is 3. The first-order valence-corrected chi connectivity index (χ1v) is 3.66. The van der Waals surface area contributed by atoms with Crippen LogP contribution >= 0.6 is 0 Å². The summed E-state index contributed by atoms with van der Waals surface area (Å²) in [6.07, 6.45) is 0.766. The van der Waals surface area contributed by atoms with Crippen LogP contribution in [-0.4, -0.2) is 11.3 Å². The van der Waals surface area contributed by atoms with Crippen LogP contribution in [0, 0.1) is 5.92 Å². The maximum atomic E-state index is 10.9. The van der Waals surface area contributed by atoms with E-state index in [1.165, 1.54) is 0 Å². The minimum atomic E-state index is -0.617.